The standard InChI is InChI=1S/C17H28N2O2/c1-13(2)11-16(19-9-7-18-8-10-19)15-12-14(20-3)5-6-17(15)21-4/h5-6,12-13,16,18H,7-11H2,1-4H3/t16-/m1/s1. The lowest BCUT2D eigenvalue weighted by molar-refractivity contribution is 0.151. The van der Waals surface area contributed by atoms with Gasteiger partial charge in [0.2, 0.25) is 0 Å². The zero-order valence-corrected chi connectivity index (χ0v) is 13.7. The first-order valence-electron chi connectivity index (χ1n) is 7.82. The Morgan fingerprint density at radius 2 is 1.86 bits per heavy atom. The second-order valence-corrected chi connectivity index (χ2v) is 6.04. The number of methoxy groups -OCH3 is 2. The van der Waals surface area contributed by atoms with Crippen LogP contribution in [0.5, 0.6) is 11.5 Å². The van der Waals surface area contributed by atoms with Crippen LogP contribution in [0.3, 0.4) is 0 Å². The molecule has 0 bridgehead atoms. The normalized spacial score (nSPS) is 17.8. The van der Waals surface area contributed by atoms with Crippen LogP contribution >= 0.6 is 0 Å². The Balaban J connectivity index is 2.33. The summed E-state index contributed by atoms with van der Waals surface area (Å²) in [5, 5.41) is 3.43. The van der Waals surface area contributed by atoms with E-state index < -0.39 is 0 Å². The SMILES string of the molecule is COc1ccc(OC)c([C@@H](CC(C)C)N2CCNCC2)c1. The fraction of sp³-hybridized carbons (Fsp3) is 0.647. The van der Waals surface area contributed by atoms with Crippen LogP contribution in [-0.4, -0.2) is 45.3 Å². The molecule has 1 aliphatic heterocycles. The third-order valence-electron chi connectivity index (χ3n) is 4.08. The molecule has 1 saturated heterocycles. The number of hydrogen-bond acceptors (Lipinski definition) is 4. The van der Waals surface area contributed by atoms with E-state index in [4.69, 9.17) is 9.47 Å². The van der Waals surface area contributed by atoms with Gasteiger partial charge in [-0.25, -0.2) is 0 Å². The Bertz CT molecular complexity index is 442. The number of nitrogens with zero attached hydrogens (tertiary/aromatic N) is 1. The van der Waals surface area contributed by atoms with Crippen molar-refractivity contribution in [3.63, 3.8) is 0 Å². The summed E-state index contributed by atoms with van der Waals surface area (Å²) in [6.07, 6.45) is 1.13. The molecule has 1 fully saturated rings. The fourth-order valence-corrected chi connectivity index (χ4v) is 3.01. The van der Waals surface area contributed by atoms with Gasteiger partial charge in [0.25, 0.3) is 0 Å². The summed E-state index contributed by atoms with van der Waals surface area (Å²) in [4.78, 5) is 2.56. The molecule has 1 atom stereocenters. The van der Waals surface area contributed by atoms with Crippen molar-refractivity contribution in [2.45, 2.75) is 26.3 Å². The first-order chi connectivity index (χ1) is 10.2. The van der Waals surface area contributed by atoms with Crippen LogP contribution < -0.4 is 14.8 Å². The molecule has 1 aromatic rings. The van der Waals surface area contributed by atoms with Gasteiger partial charge in [-0.1, -0.05) is 13.8 Å². The second-order valence-electron chi connectivity index (χ2n) is 6.04. The zero-order chi connectivity index (χ0) is 15.2. The molecule has 118 valence electrons. The Morgan fingerprint density at radius 3 is 2.43 bits per heavy atom. The molecular weight excluding hydrogens is 264 g/mol. The van der Waals surface area contributed by atoms with Crippen molar-refractivity contribution in [2.24, 2.45) is 5.92 Å². The molecule has 0 amide bonds. The van der Waals surface area contributed by atoms with Gasteiger partial charge in [-0.15, -0.1) is 0 Å². The molecule has 4 nitrogen and oxygen atoms in total. The van der Waals surface area contributed by atoms with Gasteiger partial charge in [-0.05, 0) is 30.5 Å². The van der Waals surface area contributed by atoms with Gasteiger partial charge in [0.1, 0.15) is 11.5 Å². The van der Waals surface area contributed by atoms with E-state index in [2.05, 4.69) is 30.1 Å². The maximum absolute atomic E-state index is 5.60. The average molecular weight is 292 g/mol. The van der Waals surface area contributed by atoms with E-state index in [9.17, 15) is 0 Å². The molecule has 0 unspecified atom stereocenters. The summed E-state index contributed by atoms with van der Waals surface area (Å²) in [5.74, 6) is 2.50. The molecule has 1 heterocycles. The zero-order valence-electron chi connectivity index (χ0n) is 13.7. The highest BCUT2D eigenvalue weighted by Gasteiger charge is 2.26. The van der Waals surface area contributed by atoms with Crippen LogP contribution in [0.2, 0.25) is 0 Å². The lowest BCUT2D eigenvalue weighted by atomic mass is 9.94. The van der Waals surface area contributed by atoms with Gasteiger partial charge >= 0.3 is 0 Å². The summed E-state index contributed by atoms with van der Waals surface area (Å²) in [5.41, 5.74) is 1.24. The molecule has 4 heteroatoms. The predicted octanol–water partition coefficient (Wildman–Crippen LogP) is 2.70. The first-order valence-corrected chi connectivity index (χ1v) is 7.82. The Kier molecular flexibility index (Phi) is 5.88. The van der Waals surface area contributed by atoms with Crippen molar-refractivity contribution < 1.29 is 9.47 Å². The quantitative estimate of drug-likeness (QED) is 0.874. The number of hydrogen-bond donors (Lipinski definition) is 1. The van der Waals surface area contributed by atoms with Gasteiger partial charge in [-0.2, -0.15) is 0 Å². The van der Waals surface area contributed by atoms with E-state index in [-0.39, 0.29) is 0 Å². The van der Waals surface area contributed by atoms with Gasteiger partial charge in [-0.3, -0.25) is 4.90 Å². The van der Waals surface area contributed by atoms with Crippen molar-refractivity contribution in [2.75, 3.05) is 40.4 Å². The van der Waals surface area contributed by atoms with Gasteiger partial charge in [0, 0.05) is 37.8 Å². The van der Waals surface area contributed by atoms with E-state index >= 15 is 0 Å². The Morgan fingerprint density at radius 1 is 1.14 bits per heavy atom. The van der Waals surface area contributed by atoms with Crippen LogP contribution in [0, 0.1) is 5.92 Å². The minimum atomic E-state index is 0.386. The molecule has 1 N–H and O–H groups in total. The van der Waals surface area contributed by atoms with E-state index in [1.165, 1.54) is 5.56 Å². The van der Waals surface area contributed by atoms with Crippen molar-refractivity contribution in [1.29, 1.82) is 0 Å². The van der Waals surface area contributed by atoms with E-state index in [0.717, 1.165) is 44.1 Å². The predicted molar refractivity (Wildman–Crippen MR) is 86.2 cm³/mol. The maximum atomic E-state index is 5.60. The molecule has 0 spiro atoms. The Labute approximate surface area is 128 Å². The molecule has 1 aliphatic rings. The third kappa shape index (κ3) is 4.11. The van der Waals surface area contributed by atoms with Gasteiger partial charge in [0.05, 0.1) is 14.2 Å². The van der Waals surface area contributed by atoms with Gasteiger partial charge in [0.15, 0.2) is 0 Å². The molecule has 0 aliphatic carbocycles. The summed E-state index contributed by atoms with van der Waals surface area (Å²) in [7, 11) is 3.46. The van der Waals surface area contributed by atoms with Crippen LogP contribution in [-0.2, 0) is 0 Å². The lowest BCUT2D eigenvalue weighted by Crippen LogP contribution is -2.45. The van der Waals surface area contributed by atoms with E-state index in [1.807, 2.05) is 12.1 Å². The highest BCUT2D eigenvalue weighted by molar-refractivity contribution is 5.42. The summed E-state index contributed by atoms with van der Waals surface area (Å²) < 4.78 is 11.0. The fourth-order valence-electron chi connectivity index (χ4n) is 3.01. The van der Waals surface area contributed by atoms with Crippen LogP contribution in [0.4, 0.5) is 0 Å². The molecule has 0 saturated carbocycles. The van der Waals surface area contributed by atoms with E-state index in [1.54, 1.807) is 14.2 Å². The highest BCUT2D eigenvalue weighted by atomic mass is 16.5. The number of ether oxygens (including phenoxy) is 2. The Hall–Kier alpha value is -1.26. The lowest BCUT2D eigenvalue weighted by Gasteiger charge is -2.36. The minimum absolute atomic E-state index is 0.386. The highest BCUT2D eigenvalue weighted by Crippen LogP contribution is 2.36. The molecule has 0 aromatic heterocycles. The monoisotopic (exact) mass is 292 g/mol. The smallest absolute Gasteiger partial charge is 0.123 e. The molecule has 1 aromatic carbocycles. The molecule has 21 heavy (non-hydrogen) atoms. The first kappa shape index (κ1) is 16.1. The largest absolute Gasteiger partial charge is 0.497 e. The number of nitrogens with one attached hydrogen (secondary N) is 1. The van der Waals surface area contributed by atoms with Crippen molar-refractivity contribution >= 4 is 0 Å². The number of rotatable bonds is 6. The second kappa shape index (κ2) is 7.66. The van der Waals surface area contributed by atoms with Gasteiger partial charge < -0.3 is 14.8 Å². The minimum Gasteiger partial charge on any atom is -0.497 e. The maximum Gasteiger partial charge on any atom is 0.123 e. The summed E-state index contributed by atoms with van der Waals surface area (Å²) in [6.45, 7) is 8.83. The molecule has 2 rings (SSSR count). The summed E-state index contributed by atoms with van der Waals surface area (Å²) in [6, 6.07) is 6.50. The summed E-state index contributed by atoms with van der Waals surface area (Å²) >= 11 is 0. The van der Waals surface area contributed by atoms with Crippen LogP contribution in [0.25, 0.3) is 0 Å². The molecular formula is C17H28N2O2. The topological polar surface area (TPSA) is 33.7 Å². The third-order valence-corrected chi connectivity index (χ3v) is 4.08. The van der Waals surface area contributed by atoms with Crippen molar-refractivity contribution in [3.8, 4) is 11.5 Å². The number of benzene rings is 1. The van der Waals surface area contributed by atoms with Crippen molar-refractivity contribution in [1.82, 2.24) is 10.2 Å². The number of piperazine rings is 1. The molecule has 0 radical (unpaired) electrons. The van der Waals surface area contributed by atoms with Crippen LogP contribution in [0.1, 0.15) is 31.9 Å². The van der Waals surface area contributed by atoms with Crippen LogP contribution in [0.15, 0.2) is 18.2 Å². The van der Waals surface area contributed by atoms with Crippen molar-refractivity contribution in [3.05, 3.63) is 23.8 Å². The van der Waals surface area contributed by atoms with E-state index in [0.29, 0.717) is 12.0 Å². The average Bonchev–Trinajstić information content (AvgIpc) is 2.52.